The van der Waals surface area contributed by atoms with Gasteiger partial charge in [-0.2, -0.15) is 13.2 Å². The lowest BCUT2D eigenvalue weighted by Gasteiger charge is -2.11. The lowest BCUT2D eigenvalue weighted by molar-refractivity contribution is -0.141. The maximum Gasteiger partial charge on any atom is 0.433 e. The van der Waals surface area contributed by atoms with E-state index >= 15 is 0 Å². The first-order valence-electron chi connectivity index (χ1n) is 3.79. The zero-order valence-corrected chi connectivity index (χ0v) is 7.44. The quantitative estimate of drug-likeness (QED) is 0.748. The van der Waals surface area contributed by atoms with Crippen molar-refractivity contribution in [2.75, 3.05) is 0 Å². The van der Waals surface area contributed by atoms with E-state index in [0.717, 1.165) is 6.92 Å². The van der Waals surface area contributed by atoms with Gasteiger partial charge in [0.2, 0.25) is 0 Å². The molecule has 0 aliphatic carbocycles. The van der Waals surface area contributed by atoms with E-state index in [9.17, 15) is 22.0 Å². The summed E-state index contributed by atoms with van der Waals surface area (Å²) >= 11 is 0. The standard InChI is InChI=1S/C8H6F5NO/c1-3-6(15)4(7(9)10)2-5(14-3)8(11,12)13/h2,7,15H,1H3. The van der Waals surface area contributed by atoms with Crippen LogP contribution in [-0.2, 0) is 6.18 Å². The minimum Gasteiger partial charge on any atom is -0.506 e. The maximum atomic E-state index is 12.2. The van der Waals surface area contributed by atoms with E-state index in [0.29, 0.717) is 0 Å². The topological polar surface area (TPSA) is 33.1 Å². The molecule has 0 unspecified atom stereocenters. The Morgan fingerprint density at radius 1 is 1.33 bits per heavy atom. The molecule has 1 heterocycles. The Morgan fingerprint density at radius 3 is 2.27 bits per heavy atom. The van der Waals surface area contributed by atoms with Gasteiger partial charge in [-0.05, 0) is 13.0 Å². The number of nitrogens with zero attached hydrogens (tertiary/aromatic N) is 1. The molecule has 1 N–H and O–H groups in total. The predicted molar refractivity (Wildman–Crippen MR) is 40.6 cm³/mol. The molecule has 2 nitrogen and oxygen atoms in total. The van der Waals surface area contributed by atoms with Gasteiger partial charge in [-0.1, -0.05) is 0 Å². The van der Waals surface area contributed by atoms with Crippen LogP contribution in [-0.4, -0.2) is 10.1 Å². The summed E-state index contributed by atoms with van der Waals surface area (Å²) in [6.07, 6.45) is -7.98. The zero-order valence-electron chi connectivity index (χ0n) is 7.44. The van der Waals surface area contributed by atoms with Crippen LogP contribution in [0.15, 0.2) is 6.07 Å². The van der Waals surface area contributed by atoms with Crippen LogP contribution in [0.2, 0.25) is 0 Å². The fourth-order valence-corrected chi connectivity index (χ4v) is 1.00. The van der Waals surface area contributed by atoms with Crippen molar-refractivity contribution in [2.45, 2.75) is 19.5 Å². The molecule has 0 spiro atoms. The molecule has 0 amide bonds. The van der Waals surface area contributed by atoms with Crippen molar-refractivity contribution in [3.05, 3.63) is 23.0 Å². The van der Waals surface area contributed by atoms with Crippen LogP contribution in [0.1, 0.15) is 23.4 Å². The molecule has 7 heteroatoms. The van der Waals surface area contributed by atoms with Crippen LogP contribution in [0.5, 0.6) is 5.75 Å². The van der Waals surface area contributed by atoms with Crippen LogP contribution in [0.3, 0.4) is 0 Å². The second kappa shape index (κ2) is 3.63. The summed E-state index contributed by atoms with van der Waals surface area (Å²) in [7, 11) is 0. The molecule has 1 aromatic heterocycles. The highest BCUT2D eigenvalue weighted by Gasteiger charge is 2.34. The van der Waals surface area contributed by atoms with Crippen molar-refractivity contribution in [1.29, 1.82) is 0 Å². The fourth-order valence-electron chi connectivity index (χ4n) is 1.00. The highest BCUT2D eigenvalue weighted by molar-refractivity contribution is 5.38. The Morgan fingerprint density at radius 2 is 1.87 bits per heavy atom. The molecule has 0 aromatic carbocycles. The van der Waals surface area contributed by atoms with Gasteiger partial charge < -0.3 is 5.11 Å². The molecule has 1 aromatic rings. The first-order chi connectivity index (χ1) is 6.73. The molecule has 0 radical (unpaired) electrons. The molecule has 0 aliphatic rings. The van der Waals surface area contributed by atoms with Crippen molar-refractivity contribution in [1.82, 2.24) is 4.98 Å². The van der Waals surface area contributed by atoms with E-state index in [4.69, 9.17) is 5.11 Å². The van der Waals surface area contributed by atoms with E-state index < -0.39 is 35.3 Å². The highest BCUT2D eigenvalue weighted by Crippen LogP contribution is 2.35. The molecule has 0 saturated heterocycles. The van der Waals surface area contributed by atoms with Gasteiger partial charge in [0.05, 0.1) is 11.3 Å². The fraction of sp³-hybridized carbons (Fsp3) is 0.375. The minimum atomic E-state index is -4.80. The Bertz CT molecular complexity index is 374. The van der Waals surface area contributed by atoms with Gasteiger partial charge in [0.25, 0.3) is 6.43 Å². The largest absolute Gasteiger partial charge is 0.506 e. The Labute approximate surface area is 81.4 Å². The molecule has 0 atom stereocenters. The molecule has 0 bridgehead atoms. The molecule has 0 aliphatic heterocycles. The molecular weight excluding hydrogens is 221 g/mol. The third-order valence-corrected chi connectivity index (χ3v) is 1.72. The van der Waals surface area contributed by atoms with Gasteiger partial charge in [0.15, 0.2) is 0 Å². The third kappa shape index (κ3) is 2.34. The average Bonchev–Trinajstić information content (AvgIpc) is 2.06. The number of aromatic nitrogens is 1. The molecule has 1 rings (SSSR count). The number of hydrogen-bond donors (Lipinski definition) is 1. The van der Waals surface area contributed by atoms with E-state index in [1.165, 1.54) is 0 Å². The van der Waals surface area contributed by atoms with Gasteiger partial charge in [-0.15, -0.1) is 0 Å². The average molecular weight is 227 g/mol. The summed E-state index contributed by atoms with van der Waals surface area (Å²) in [5.74, 6) is -0.905. The van der Waals surface area contributed by atoms with E-state index in [1.54, 1.807) is 0 Å². The summed E-state index contributed by atoms with van der Waals surface area (Å²) in [6.45, 7) is 1.02. The van der Waals surface area contributed by atoms with Crippen molar-refractivity contribution >= 4 is 0 Å². The number of hydrogen-bond acceptors (Lipinski definition) is 2. The van der Waals surface area contributed by atoms with Gasteiger partial charge >= 0.3 is 6.18 Å². The van der Waals surface area contributed by atoms with Gasteiger partial charge in [-0.3, -0.25) is 0 Å². The first-order valence-corrected chi connectivity index (χ1v) is 3.79. The zero-order chi connectivity index (χ0) is 11.8. The van der Waals surface area contributed by atoms with Crippen molar-refractivity contribution < 1.29 is 27.1 Å². The summed E-state index contributed by atoms with van der Waals surface area (Å²) in [6, 6.07) is 0.146. The molecule has 0 fully saturated rings. The maximum absolute atomic E-state index is 12.2. The van der Waals surface area contributed by atoms with Gasteiger partial charge in [0.1, 0.15) is 11.4 Å². The number of halogens is 5. The van der Waals surface area contributed by atoms with Crippen LogP contribution in [0, 0.1) is 6.92 Å². The van der Waals surface area contributed by atoms with E-state index in [2.05, 4.69) is 4.98 Å². The highest BCUT2D eigenvalue weighted by atomic mass is 19.4. The third-order valence-electron chi connectivity index (χ3n) is 1.72. The minimum absolute atomic E-state index is 0.146. The van der Waals surface area contributed by atoms with E-state index in [-0.39, 0.29) is 6.07 Å². The second-order valence-corrected chi connectivity index (χ2v) is 2.83. The molecular formula is C8H6F5NO. The summed E-state index contributed by atoms with van der Waals surface area (Å²) in [5, 5.41) is 9.05. The molecule has 0 saturated carbocycles. The number of aromatic hydroxyl groups is 1. The Hall–Kier alpha value is -1.40. The molecule has 84 valence electrons. The van der Waals surface area contributed by atoms with Gasteiger partial charge in [0, 0.05) is 0 Å². The van der Waals surface area contributed by atoms with Gasteiger partial charge in [-0.25, -0.2) is 13.8 Å². The van der Waals surface area contributed by atoms with Crippen molar-refractivity contribution in [3.63, 3.8) is 0 Å². The Balaban J connectivity index is 3.36. The van der Waals surface area contributed by atoms with E-state index in [1.807, 2.05) is 0 Å². The van der Waals surface area contributed by atoms with Crippen LogP contribution in [0.4, 0.5) is 22.0 Å². The predicted octanol–water partition coefficient (Wildman–Crippen LogP) is 3.05. The lowest BCUT2D eigenvalue weighted by Crippen LogP contribution is -2.10. The summed E-state index contributed by atoms with van der Waals surface area (Å²) in [4.78, 5) is 2.98. The number of rotatable bonds is 1. The van der Waals surface area contributed by atoms with Crippen LogP contribution in [0.25, 0.3) is 0 Å². The number of alkyl halides is 5. The summed E-state index contributed by atoms with van der Waals surface area (Å²) < 4.78 is 60.9. The smallest absolute Gasteiger partial charge is 0.433 e. The van der Waals surface area contributed by atoms with Crippen molar-refractivity contribution in [2.24, 2.45) is 0 Å². The molecule has 15 heavy (non-hydrogen) atoms. The van der Waals surface area contributed by atoms with Crippen LogP contribution >= 0.6 is 0 Å². The summed E-state index contributed by atoms with van der Waals surface area (Å²) in [5.41, 5.74) is -2.97. The number of pyridine rings is 1. The first kappa shape index (κ1) is 11.7. The van der Waals surface area contributed by atoms with Crippen molar-refractivity contribution in [3.8, 4) is 5.75 Å². The van der Waals surface area contributed by atoms with Crippen LogP contribution < -0.4 is 0 Å². The number of aryl methyl sites for hydroxylation is 1. The second-order valence-electron chi connectivity index (χ2n) is 2.83. The normalized spacial score (nSPS) is 12.2. The SMILES string of the molecule is Cc1nc(C(F)(F)F)cc(C(F)F)c1O. The monoisotopic (exact) mass is 227 g/mol. The Kier molecular flexibility index (Phi) is 2.83. The lowest BCUT2D eigenvalue weighted by atomic mass is 10.1.